The van der Waals surface area contributed by atoms with Crippen molar-refractivity contribution < 1.29 is 4.74 Å². The van der Waals surface area contributed by atoms with Crippen molar-refractivity contribution in [3.05, 3.63) is 28.8 Å². The lowest BCUT2D eigenvalue weighted by molar-refractivity contribution is 0.396. The van der Waals surface area contributed by atoms with Gasteiger partial charge in [-0.05, 0) is 43.7 Å². The molecule has 1 fully saturated rings. The molecule has 0 bridgehead atoms. The lowest BCUT2D eigenvalue weighted by Crippen LogP contribution is -2.33. The molecular formula is C13H18ClNOS. The third kappa shape index (κ3) is 2.56. The van der Waals surface area contributed by atoms with Crippen molar-refractivity contribution in [3.8, 4) is 5.75 Å². The summed E-state index contributed by atoms with van der Waals surface area (Å²) in [6.07, 6.45) is 2.38. The van der Waals surface area contributed by atoms with E-state index in [9.17, 15) is 0 Å². The Hall–Kier alpha value is -0.380. The maximum Gasteiger partial charge on any atom is 0.123 e. The van der Waals surface area contributed by atoms with Crippen LogP contribution in [0.5, 0.6) is 5.75 Å². The second-order valence-electron chi connectivity index (χ2n) is 4.63. The van der Waals surface area contributed by atoms with Crippen molar-refractivity contribution in [1.29, 1.82) is 0 Å². The molecule has 2 rings (SSSR count). The third-order valence-corrected chi connectivity index (χ3v) is 5.28. The molecule has 1 aromatic rings. The van der Waals surface area contributed by atoms with Crippen LogP contribution in [0.15, 0.2) is 18.2 Å². The van der Waals surface area contributed by atoms with Crippen LogP contribution in [0, 0.1) is 0 Å². The van der Waals surface area contributed by atoms with Crippen molar-refractivity contribution in [2.75, 3.05) is 12.9 Å². The van der Waals surface area contributed by atoms with Gasteiger partial charge in [-0.1, -0.05) is 11.6 Å². The van der Waals surface area contributed by atoms with Crippen LogP contribution < -0.4 is 10.5 Å². The molecule has 2 atom stereocenters. The standard InChI is InChI=1S/C13H18ClNOS/c1-13(6-3-7-17-13)12(15)10-8-9(14)4-5-11(10)16-2/h4-5,8,12H,3,6-7,15H2,1-2H3. The summed E-state index contributed by atoms with van der Waals surface area (Å²) in [6, 6.07) is 5.61. The highest BCUT2D eigenvalue weighted by Crippen LogP contribution is 2.47. The monoisotopic (exact) mass is 271 g/mol. The van der Waals surface area contributed by atoms with Gasteiger partial charge in [0.2, 0.25) is 0 Å². The number of hydrogen-bond acceptors (Lipinski definition) is 3. The molecule has 1 aliphatic heterocycles. The number of ether oxygens (including phenoxy) is 1. The quantitative estimate of drug-likeness (QED) is 0.912. The summed E-state index contributed by atoms with van der Waals surface area (Å²) in [4.78, 5) is 0. The van der Waals surface area contributed by atoms with Crippen molar-refractivity contribution in [3.63, 3.8) is 0 Å². The van der Waals surface area contributed by atoms with Crippen molar-refractivity contribution in [1.82, 2.24) is 0 Å². The van der Waals surface area contributed by atoms with E-state index in [0.29, 0.717) is 5.02 Å². The van der Waals surface area contributed by atoms with Gasteiger partial charge in [0.15, 0.2) is 0 Å². The first-order valence-corrected chi connectivity index (χ1v) is 7.16. The predicted molar refractivity (Wildman–Crippen MR) is 75.0 cm³/mol. The van der Waals surface area contributed by atoms with Gasteiger partial charge in [0, 0.05) is 21.4 Å². The largest absolute Gasteiger partial charge is 0.496 e. The molecule has 1 heterocycles. The van der Waals surface area contributed by atoms with Gasteiger partial charge in [0.1, 0.15) is 5.75 Å². The van der Waals surface area contributed by atoms with E-state index in [0.717, 1.165) is 17.7 Å². The van der Waals surface area contributed by atoms with Crippen LogP contribution in [0.25, 0.3) is 0 Å². The van der Waals surface area contributed by atoms with E-state index in [4.69, 9.17) is 22.1 Å². The fraction of sp³-hybridized carbons (Fsp3) is 0.538. The summed E-state index contributed by atoms with van der Waals surface area (Å²) in [5.41, 5.74) is 7.43. The number of thioether (sulfide) groups is 1. The summed E-state index contributed by atoms with van der Waals surface area (Å²) < 4.78 is 5.47. The fourth-order valence-corrected chi connectivity index (χ4v) is 3.85. The normalized spacial score (nSPS) is 25.9. The third-order valence-electron chi connectivity index (χ3n) is 3.43. The molecule has 1 saturated heterocycles. The van der Waals surface area contributed by atoms with E-state index >= 15 is 0 Å². The number of halogens is 1. The summed E-state index contributed by atoms with van der Waals surface area (Å²) in [7, 11) is 1.67. The van der Waals surface area contributed by atoms with Crippen LogP contribution in [0.1, 0.15) is 31.4 Å². The fourth-order valence-electron chi connectivity index (χ4n) is 2.32. The Bertz CT molecular complexity index is 404. The first-order valence-electron chi connectivity index (χ1n) is 5.80. The molecule has 0 radical (unpaired) electrons. The highest BCUT2D eigenvalue weighted by Gasteiger charge is 2.37. The van der Waals surface area contributed by atoms with Crippen LogP contribution in [0.3, 0.4) is 0 Å². The molecule has 0 amide bonds. The van der Waals surface area contributed by atoms with E-state index in [1.807, 2.05) is 30.0 Å². The molecule has 4 heteroatoms. The first kappa shape index (κ1) is 13.1. The van der Waals surface area contributed by atoms with E-state index in [2.05, 4.69) is 6.92 Å². The summed E-state index contributed by atoms with van der Waals surface area (Å²) in [5, 5.41) is 0.711. The molecule has 0 aromatic heterocycles. The van der Waals surface area contributed by atoms with Crippen LogP contribution in [-0.4, -0.2) is 17.6 Å². The Morgan fingerprint density at radius 1 is 1.53 bits per heavy atom. The molecule has 17 heavy (non-hydrogen) atoms. The van der Waals surface area contributed by atoms with Crippen LogP contribution in [0.4, 0.5) is 0 Å². The average molecular weight is 272 g/mol. The van der Waals surface area contributed by atoms with Gasteiger partial charge in [0.25, 0.3) is 0 Å². The molecule has 2 nitrogen and oxygen atoms in total. The van der Waals surface area contributed by atoms with Gasteiger partial charge in [-0.25, -0.2) is 0 Å². The van der Waals surface area contributed by atoms with Crippen molar-refractivity contribution >= 4 is 23.4 Å². The Morgan fingerprint density at radius 3 is 2.88 bits per heavy atom. The van der Waals surface area contributed by atoms with Crippen molar-refractivity contribution in [2.24, 2.45) is 5.73 Å². The number of rotatable bonds is 3. The minimum absolute atomic E-state index is 0.0383. The van der Waals surface area contributed by atoms with Crippen LogP contribution >= 0.6 is 23.4 Å². The Morgan fingerprint density at radius 2 is 2.29 bits per heavy atom. The first-order chi connectivity index (χ1) is 8.07. The Labute approximate surface area is 112 Å². The zero-order valence-electron chi connectivity index (χ0n) is 10.2. The van der Waals surface area contributed by atoms with Crippen molar-refractivity contribution in [2.45, 2.75) is 30.6 Å². The molecule has 1 aromatic carbocycles. The predicted octanol–water partition coefficient (Wildman–Crippen LogP) is 3.63. The van der Waals surface area contributed by atoms with Gasteiger partial charge in [-0.2, -0.15) is 11.8 Å². The summed E-state index contributed by atoms with van der Waals surface area (Å²) in [5.74, 6) is 2.02. The SMILES string of the molecule is COc1ccc(Cl)cc1C(N)C1(C)CCCS1. The zero-order chi connectivity index (χ0) is 12.5. The summed E-state index contributed by atoms with van der Waals surface area (Å²) in [6.45, 7) is 2.23. The molecule has 2 unspecified atom stereocenters. The highest BCUT2D eigenvalue weighted by atomic mass is 35.5. The van der Waals surface area contributed by atoms with E-state index < -0.39 is 0 Å². The minimum atomic E-state index is -0.0383. The van der Waals surface area contributed by atoms with Gasteiger partial charge in [-0.15, -0.1) is 0 Å². The molecule has 1 aliphatic rings. The smallest absolute Gasteiger partial charge is 0.123 e. The molecule has 94 valence electrons. The molecule has 2 N–H and O–H groups in total. The van der Waals surface area contributed by atoms with Gasteiger partial charge >= 0.3 is 0 Å². The highest BCUT2D eigenvalue weighted by molar-refractivity contribution is 8.00. The number of benzene rings is 1. The minimum Gasteiger partial charge on any atom is -0.496 e. The number of nitrogens with two attached hydrogens (primary N) is 1. The van der Waals surface area contributed by atoms with Gasteiger partial charge < -0.3 is 10.5 Å². The Kier molecular flexibility index (Phi) is 3.91. The molecule has 0 saturated carbocycles. The number of methoxy groups -OCH3 is 1. The lowest BCUT2D eigenvalue weighted by atomic mass is 9.90. The van der Waals surface area contributed by atoms with E-state index in [1.165, 1.54) is 12.2 Å². The van der Waals surface area contributed by atoms with Gasteiger partial charge in [-0.3, -0.25) is 0 Å². The second-order valence-corrected chi connectivity index (χ2v) is 6.69. The molecular weight excluding hydrogens is 254 g/mol. The van der Waals surface area contributed by atoms with E-state index in [1.54, 1.807) is 7.11 Å². The molecule has 0 aliphatic carbocycles. The summed E-state index contributed by atoms with van der Waals surface area (Å²) >= 11 is 8.00. The van der Waals surface area contributed by atoms with Crippen LogP contribution in [-0.2, 0) is 0 Å². The lowest BCUT2D eigenvalue weighted by Gasteiger charge is -2.31. The molecule has 0 spiro atoms. The second kappa shape index (κ2) is 5.09. The van der Waals surface area contributed by atoms with E-state index in [-0.39, 0.29) is 10.8 Å². The van der Waals surface area contributed by atoms with Gasteiger partial charge in [0.05, 0.1) is 7.11 Å². The number of hydrogen-bond donors (Lipinski definition) is 1. The Balaban J connectivity index is 2.35. The average Bonchev–Trinajstić information content (AvgIpc) is 2.76. The van der Waals surface area contributed by atoms with Crippen LogP contribution in [0.2, 0.25) is 5.02 Å². The maximum absolute atomic E-state index is 6.42. The maximum atomic E-state index is 6.42. The topological polar surface area (TPSA) is 35.2 Å². The zero-order valence-corrected chi connectivity index (χ0v) is 11.8.